The lowest BCUT2D eigenvalue weighted by Gasteiger charge is -2.17. The lowest BCUT2D eigenvalue weighted by atomic mass is 9.89. The molecule has 1 fully saturated rings. The van der Waals surface area contributed by atoms with Crippen molar-refractivity contribution < 1.29 is 14.7 Å². The summed E-state index contributed by atoms with van der Waals surface area (Å²) in [6, 6.07) is 16.7. The number of carbonyl (C=O) groups is 2. The molecule has 7 heteroatoms. The quantitative estimate of drug-likeness (QED) is 0.747. The van der Waals surface area contributed by atoms with Crippen LogP contribution in [-0.2, 0) is 23.2 Å². The number of para-hydroxylation sites is 2. The topological polar surface area (TPSA) is 84.5 Å². The molecule has 0 spiro atoms. The van der Waals surface area contributed by atoms with Crippen LogP contribution in [0.4, 0.5) is 0 Å². The summed E-state index contributed by atoms with van der Waals surface area (Å²) >= 11 is 0. The number of aliphatic carboxylic acids is 1. The first kappa shape index (κ1) is 18.0. The SMILES string of the molecule is Cn1c(=O)n(CC(=O)N2CC(C(=O)O)C(c3ccccc3)C2)c2ccccc21. The lowest BCUT2D eigenvalue weighted by Crippen LogP contribution is -2.35. The Bertz CT molecular complexity index is 1100. The molecule has 1 aliphatic rings. The minimum absolute atomic E-state index is 0.103. The van der Waals surface area contributed by atoms with E-state index in [2.05, 4.69) is 0 Å². The number of amides is 1. The fraction of sp³-hybridized carbons (Fsp3) is 0.286. The van der Waals surface area contributed by atoms with Crippen molar-refractivity contribution in [3.05, 3.63) is 70.6 Å². The molecule has 0 radical (unpaired) electrons. The molecular weight excluding hydrogens is 358 g/mol. The Morgan fingerprint density at radius 2 is 1.64 bits per heavy atom. The van der Waals surface area contributed by atoms with Gasteiger partial charge >= 0.3 is 11.7 Å². The largest absolute Gasteiger partial charge is 0.481 e. The first-order valence-electron chi connectivity index (χ1n) is 9.17. The van der Waals surface area contributed by atoms with Crippen molar-refractivity contribution in [2.75, 3.05) is 13.1 Å². The van der Waals surface area contributed by atoms with Crippen LogP contribution in [0.3, 0.4) is 0 Å². The van der Waals surface area contributed by atoms with Crippen LogP contribution in [0.2, 0.25) is 0 Å². The van der Waals surface area contributed by atoms with Crippen LogP contribution >= 0.6 is 0 Å². The van der Waals surface area contributed by atoms with Gasteiger partial charge in [0.25, 0.3) is 0 Å². The van der Waals surface area contributed by atoms with Crippen LogP contribution in [0.15, 0.2) is 59.4 Å². The van der Waals surface area contributed by atoms with Gasteiger partial charge in [-0.05, 0) is 17.7 Å². The van der Waals surface area contributed by atoms with Crippen molar-refractivity contribution in [2.24, 2.45) is 13.0 Å². The maximum atomic E-state index is 12.9. The van der Waals surface area contributed by atoms with Gasteiger partial charge in [-0.1, -0.05) is 42.5 Å². The van der Waals surface area contributed by atoms with E-state index in [-0.39, 0.29) is 30.6 Å². The summed E-state index contributed by atoms with van der Waals surface area (Å²) in [4.78, 5) is 38.8. The van der Waals surface area contributed by atoms with E-state index >= 15 is 0 Å². The maximum Gasteiger partial charge on any atom is 0.329 e. The molecule has 0 aliphatic carbocycles. The van der Waals surface area contributed by atoms with Crippen LogP contribution in [0.25, 0.3) is 11.0 Å². The van der Waals surface area contributed by atoms with Crippen LogP contribution in [-0.4, -0.2) is 44.1 Å². The molecule has 7 nitrogen and oxygen atoms in total. The molecule has 1 aliphatic heterocycles. The molecular formula is C21H21N3O4. The zero-order valence-corrected chi connectivity index (χ0v) is 15.5. The molecule has 2 aromatic carbocycles. The molecule has 0 bridgehead atoms. The van der Waals surface area contributed by atoms with Gasteiger partial charge in [-0.25, -0.2) is 4.79 Å². The van der Waals surface area contributed by atoms with Gasteiger partial charge in [0.05, 0.1) is 17.0 Å². The van der Waals surface area contributed by atoms with Crippen LogP contribution in [0.1, 0.15) is 11.5 Å². The van der Waals surface area contributed by atoms with Crippen molar-refractivity contribution in [3.8, 4) is 0 Å². The highest BCUT2D eigenvalue weighted by Crippen LogP contribution is 2.33. The molecule has 1 saturated heterocycles. The number of imidazole rings is 1. The molecule has 2 heterocycles. The Labute approximate surface area is 161 Å². The fourth-order valence-electron chi connectivity index (χ4n) is 4.05. The molecule has 144 valence electrons. The smallest absolute Gasteiger partial charge is 0.329 e. The minimum Gasteiger partial charge on any atom is -0.481 e. The summed E-state index contributed by atoms with van der Waals surface area (Å²) < 4.78 is 2.96. The molecule has 1 aromatic heterocycles. The van der Waals surface area contributed by atoms with E-state index in [0.29, 0.717) is 12.1 Å². The zero-order chi connectivity index (χ0) is 19.8. The van der Waals surface area contributed by atoms with E-state index in [9.17, 15) is 19.5 Å². The molecule has 3 aromatic rings. The van der Waals surface area contributed by atoms with Crippen molar-refractivity contribution in [2.45, 2.75) is 12.5 Å². The molecule has 2 unspecified atom stereocenters. The third-order valence-electron chi connectivity index (χ3n) is 5.56. The number of benzene rings is 2. The second kappa shape index (κ2) is 6.99. The normalized spacial score (nSPS) is 19.2. The van der Waals surface area contributed by atoms with Gasteiger partial charge in [-0.3, -0.25) is 18.7 Å². The predicted octanol–water partition coefficient (Wildman–Crippen LogP) is 1.67. The number of hydrogen-bond donors (Lipinski definition) is 1. The fourth-order valence-corrected chi connectivity index (χ4v) is 4.05. The number of likely N-dealkylation sites (tertiary alicyclic amines) is 1. The summed E-state index contributed by atoms with van der Waals surface area (Å²) in [6.45, 7) is 0.376. The first-order valence-corrected chi connectivity index (χ1v) is 9.17. The summed E-state index contributed by atoms with van der Waals surface area (Å²) in [5.41, 5.74) is 2.10. The zero-order valence-electron chi connectivity index (χ0n) is 15.5. The number of carboxylic acid groups (broad SMARTS) is 1. The van der Waals surface area contributed by atoms with Gasteiger partial charge in [0, 0.05) is 26.1 Å². The van der Waals surface area contributed by atoms with E-state index in [1.54, 1.807) is 18.0 Å². The number of carbonyl (C=O) groups excluding carboxylic acids is 1. The van der Waals surface area contributed by atoms with E-state index in [0.717, 1.165) is 11.1 Å². The summed E-state index contributed by atoms with van der Waals surface area (Å²) in [5, 5.41) is 9.63. The highest BCUT2D eigenvalue weighted by molar-refractivity contribution is 5.82. The Hall–Kier alpha value is -3.35. The van der Waals surface area contributed by atoms with E-state index in [4.69, 9.17) is 0 Å². The number of aromatic nitrogens is 2. The maximum absolute atomic E-state index is 12.9. The Morgan fingerprint density at radius 1 is 1.00 bits per heavy atom. The predicted molar refractivity (Wildman–Crippen MR) is 104 cm³/mol. The Balaban J connectivity index is 1.60. The van der Waals surface area contributed by atoms with Gasteiger partial charge in [0.2, 0.25) is 5.91 Å². The lowest BCUT2D eigenvalue weighted by molar-refractivity contribution is -0.141. The van der Waals surface area contributed by atoms with Gasteiger partial charge in [-0.15, -0.1) is 0 Å². The second-order valence-electron chi connectivity index (χ2n) is 7.18. The van der Waals surface area contributed by atoms with Crippen molar-refractivity contribution in [1.29, 1.82) is 0 Å². The standard InChI is InChI=1S/C21H21N3O4/c1-22-17-9-5-6-10-18(17)24(21(22)28)13-19(25)23-11-15(16(12-23)20(26)27)14-7-3-2-4-8-14/h2-10,15-16H,11-13H2,1H3,(H,26,27). The summed E-state index contributed by atoms with van der Waals surface area (Å²) in [5.74, 6) is -2.07. The second-order valence-corrected chi connectivity index (χ2v) is 7.18. The first-order chi connectivity index (χ1) is 13.5. The average Bonchev–Trinajstić information content (AvgIpc) is 3.26. The molecule has 1 N–H and O–H groups in total. The number of nitrogens with zero attached hydrogens (tertiary/aromatic N) is 3. The molecule has 2 atom stereocenters. The van der Waals surface area contributed by atoms with Gasteiger partial charge in [0.15, 0.2) is 0 Å². The number of aryl methyl sites for hydroxylation is 1. The number of rotatable bonds is 4. The van der Waals surface area contributed by atoms with Gasteiger partial charge in [0.1, 0.15) is 6.54 Å². The highest BCUT2D eigenvalue weighted by Gasteiger charge is 2.40. The summed E-state index contributed by atoms with van der Waals surface area (Å²) in [7, 11) is 1.67. The van der Waals surface area contributed by atoms with Crippen molar-refractivity contribution in [1.82, 2.24) is 14.0 Å². The van der Waals surface area contributed by atoms with Crippen molar-refractivity contribution >= 4 is 22.9 Å². The molecule has 0 saturated carbocycles. The molecule has 28 heavy (non-hydrogen) atoms. The summed E-state index contributed by atoms with van der Waals surface area (Å²) in [6.07, 6.45) is 0. The van der Waals surface area contributed by atoms with E-state index < -0.39 is 11.9 Å². The van der Waals surface area contributed by atoms with Gasteiger partial charge < -0.3 is 10.0 Å². The van der Waals surface area contributed by atoms with Crippen LogP contribution in [0.5, 0.6) is 0 Å². The highest BCUT2D eigenvalue weighted by atomic mass is 16.4. The third kappa shape index (κ3) is 2.98. The monoisotopic (exact) mass is 379 g/mol. The van der Waals surface area contributed by atoms with Crippen molar-refractivity contribution in [3.63, 3.8) is 0 Å². The van der Waals surface area contributed by atoms with Gasteiger partial charge in [-0.2, -0.15) is 0 Å². The third-order valence-corrected chi connectivity index (χ3v) is 5.56. The van der Waals surface area contributed by atoms with Crippen LogP contribution in [0, 0.1) is 5.92 Å². The number of carboxylic acids is 1. The minimum atomic E-state index is -0.911. The number of hydrogen-bond acceptors (Lipinski definition) is 3. The van der Waals surface area contributed by atoms with E-state index in [1.807, 2.05) is 48.5 Å². The van der Waals surface area contributed by atoms with E-state index in [1.165, 1.54) is 9.13 Å². The number of fused-ring (bicyclic) bond motifs is 1. The molecule has 4 rings (SSSR count). The average molecular weight is 379 g/mol. The van der Waals surface area contributed by atoms with Crippen LogP contribution < -0.4 is 5.69 Å². The Kier molecular flexibility index (Phi) is 4.50. The Morgan fingerprint density at radius 3 is 2.32 bits per heavy atom. The molecule has 1 amide bonds.